The van der Waals surface area contributed by atoms with Gasteiger partial charge in [0.25, 0.3) is 0 Å². The van der Waals surface area contributed by atoms with Crippen LogP contribution in [0.15, 0.2) is 0 Å². The molecule has 0 aromatic carbocycles. The van der Waals surface area contributed by atoms with Gasteiger partial charge < -0.3 is 0 Å². The molecule has 0 N–H and O–H groups in total. The van der Waals surface area contributed by atoms with Crippen molar-refractivity contribution < 1.29 is 4.79 Å². The van der Waals surface area contributed by atoms with Crippen LogP contribution >= 0.6 is 0 Å². The number of hydrogen-bond acceptors (Lipinski definition) is 1. The molecule has 0 aromatic heterocycles. The number of rotatable bonds is 7. The van der Waals surface area contributed by atoms with E-state index in [-0.39, 0.29) is 5.92 Å². The molecule has 0 radical (unpaired) electrons. The van der Waals surface area contributed by atoms with Crippen molar-refractivity contribution in [3.05, 3.63) is 0 Å². The quantitative estimate of drug-likeness (QED) is 0.614. The van der Waals surface area contributed by atoms with Gasteiger partial charge in [-0.1, -0.05) is 41.5 Å². The highest BCUT2D eigenvalue weighted by molar-refractivity contribution is 5.80. The van der Waals surface area contributed by atoms with Crippen LogP contribution in [0.4, 0.5) is 0 Å². The molecule has 0 aliphatic rings. The lowest BCUT2D eigenvalue weighted by atomic mass is 9.84. The Bertz CT molecular complexity index is 170. The molecule has 0 saturated carbocycles. The minimum absolute atomic E-state index is 0.201. The van der Waals surface area contributed by atoms with Crippen LogP contribution in [-0.2, 0) is 4.79 Å². The van der Waals surface area contributed by atoms with E-state index in [1.807, 2.05) is 13.8 Å². The van der Waals surface area contributed by atoms with Crippen LogP contribution in [0.2, 0.25) is 0 Å². The second-order valence-corrected chi connectivity index (χ2v) is 5.95. The molecular formula is C14H28O. The minimum atomic E-state index is 0.201. The smallest absolute Gasteiger partial charge is 0.135 e. The summed E-state index contributed by atoms with van der Waals surface area (Å²) in [5, 5.41) is 0. The Morgan fingerprint density at radius 1 is 0.867 bits per heavy atom. The summed E-state index contributed by atoms with van der Waals surface area (Å²) in [6, 6.07) is 0. The number of carbonyl (C=O) groups excluding carboxylic acids is 1. The molecule has 0 rings (SSSR count). The van der Waals surface area contributed by atoms with Gasteiger partial charge in [-0.2, -0.15) is 0 Å². The molecule has 90 valence electrons. The summed E-state index contributed by atoms with van der Waals surface area (Å²) in [6.07, 6.45) is 3.17. The first-order valence-corrected chi connectivity index (χ1v) is 6.35. The number of hydrogen-bond donors (Lipinski definition) is 0. The van der Waals surface area contributed by atoms with Crippen LogP contribution < -0.4 is 0 Å². The summed E-state index contributed by atoms with van der Waals surface area (Å²) in [6.45, 7) is 13.0. The first-order chi connectivity index (χ1) is 6.82. The van der Waals surface area contributed by atoms with Crippen LogP contribution in [0.5, 0.6) is 0 Å². The largest absolute Gasteiger partial charge is 0.299 e. The molecule has 0 spiro atoms. The predicted octanol–water partition coefficient (Wildman–Crippen LogP) is 4.31. The zero-order valence-electron chi connectivity index (χ0n) is 11.3. The zero-order chi connectivity index (χ0) is 12.0. The monoisotopic (exact) mass is 212 g/mol. The summed E-state index contributed by atoms with van der Waals surface area (Å²) >= 11 is 0. The maximum absolute atomic E-state index is 11.7. The maximum Gasteiger partial charge on any atom is 0.135 e. The average molecular weight is 212 g/mol. The summed E-state index contributed by atoms with van der Waals surface area (Å²) < 4.78 is 0. The van der Waals surface area contributed by atoms with Crippen molar-refractivity contribution in [3.63, 3.8) is 0 Å². The first-order valence-electron chi connectivity index (χ1n) is 6.35. The van der Waals surface area contributed by atoms with E-state index in [1.54, 1.807) is 0 Å². The molecule has 1 heteroatoms. The molecule has 0 atom stereocenters. The highest BCUT2D eigenvalue weighted by atomic mass is 16.1. The molecule has 0 bridgehead atoms. The van der Waals surface area contributed by atoms with Gasteiger partial charge in [-0.25, -0.2) is 0 Å². The van der Waals surface area contributed by atoms with Gasteiger partial charge in [0.05, 0.1) is 0 Å². The molecule has 0 aliphatic carbocycles. The van der Waals surface area contributed by atoms with Crippen LogP contribution in [0.25, 0.3) is 0 Å². The van der Waals surface area contributed by atoms with Gasteiger partial charge in [-0.3, -0.25) is 4.79 Å². The Hall–Kier alpha value is -0.330. The normalized spacial score (nSPS) is 12.1. The second-order valence-electron chi connectivity index (χ2n) is 5.95. The third-order valence-electron chi connectivity index (χ3n) is 2.74. The van der Waals surface area contributed by atoms with Crippen molar-refractivity contribution in [3.8, 4) is 0 Å². The summed E-state index contributed by atoms with van der Waals surface area (Å²) in [4.78, 5) is 11.7. The van der Waals surface area contributed by atoms with Crippen LogP contribution in [0, 0.1) is 23.7 Å². The number of Topliss-reactive ketones (excluding diaryl/α,β-unsaturated/α-hetero) is 1. The predicted molar refractivity (Wildman–Crippen MR) is 66.9 cm³/mol. The number of ketones is 1. The Morgan fingerprint density at radius 3 is 1.53 bits per heavy atom. The van der Waals surface area contributed by atoms with Gasteiger partial charge in [-0.15, -0.1) is 0 Å². The SMILES string of the molecule is CC(C)CC(CC(=O)C(C)C)CC(C)C. The molecular weight excluding hydrogens is 184 g/mol. The van der Waals surface area contributed by atoms with Crippen molar-refractivity contribution in [1.82, 2.24) is 0 Å². The third kappa shape index (κ3) is 7.58. The van der Waals surface area contributed by atoms with E-state index in [4.69, 9.17) is 0 Å². The van der Waals surface area contributed by atoms with Crippen molar-refractivity contribution in [2.75, 3.05) is 0 Å². The van der Waals surface area contributed by atoms with Gasteiger partial charge in [0.15, 0.2) is 0 Å². The van der Waals surface area contributed by atoms with E-state index in [0.29, 0.717) is 23.5 Å². The van der Waals surface area contributed by atoms with E-state index in [2.05, 4.69) is 27.7 Å². The fraction of sp³-hybridized carbons (Fsp3) is 0.929. The Balaban J connectivity index is 4.17. The van der Waals surface area contributed by atoms with E-state index in [9.17, 15) is 4.79 Å². The van der Waals surface area contributed by atoms with Crippen molar-refractivity contribution in [2.45, 2.75) is 60.8 Å². The van der Waals surface area contributed by atoms with Crippen molar-refractivity contribution >= 4 is 5.78 Å². The lowest BCUT2D eigenvalue weighted by Gasteiger charge is -2.21. The van der Waals surface area contributed by atoms with Gasteiger partial charge in [0, 0.05) is 12.3 Å². The topological polar surface area (TPSA) is 17.1 Å². The highest BCUT2D eigenvalue weighted by Gasteiger charge is 2.18. The van der Waals surface area contributed by atoms with E-state index >= 15 is 0 Å². The molecule has 15 heavy (non-hydrogen) atoms. The van der Waals surface area contributed by atoms with E-state index < -0.39 is 0 Å². The van der Waals surface area contributed by atoms with Crippen LogP contribution in [-0.4, -0.2) is 5.78 Å². The maximum atomic E-state index is 11.7. The molecule has 0 heterocycles. The Morgan fingerprint density at radius 2 is 1.27 bits per heavy atom. The lowest BCUT2D eigenvalue weighted by Crippen LogP contribution is -2.16. The van der Waals surface area contributed by atoms with Crippen LogP contribution in [0.3, 0.4) is 0 Å². The Kier molecular flexibility index (Phi) is 6.87. The second kappa shape index (κ2) is 7.03. The van der Waals surface area contributed by atoms with Crippen LogP contribution in [0.1, 0.15) is 60.8 Å². The molecule has 0 saturated heterocycles. The first kappa shape index (κ1) is 14.7. The van der Waals surface area contributed by atoms with E-state index in [0.717, 1.165) is 6.42 Å². The molecule has 0 aliphatic heterocycles. The van der Waals surface area contributed by atoms with E-state index in [1.165, 1.54) is 12.8 Å². The van der Waals surface area contributed by atoms with Crippen molar-refractivity contribution in [2.24, 2.45) is 23.7 Å². The Labute approximate surface area is 95.6 Å². The molecule has 0 fully saturated rings. The van der Waals surface area contributed by atoms with Gasteiger partial charge in [0.1, 0.15) is 5.78 Å². The van der Waals surface area contributed by atoms with Gasteiger partial charge >= 0.3 is 0 Å². The molecule has 1 nitrogen and oxygen atoms in total. The summed E-state index contributed by atoms with van der Waals surface area (Å²) in [5.41, 5.74) is 0. The van der Waals surface area contributed by atoms with Crippen molar-refractivity contribution in [1.29, 1.82) is 0 Å². The number of carbonyl (C=O) groups is 1. The minimum Gasteiger partial charge on any atom is -0.299 e. The molecule has 0 unspecified atom stereocenters. The lowest BCUT2D eigenvalue weighted by molar-refractivity contribution is -0.123. The zero-order valence-corrected chi connectivity index (χ0v) is 11.3. The van der Waals surface area contributed by atoms with Gasteiger partial charge in [-0.05, 0) is 30.6 Å². The summed E-state index contributed by atoms with van der Waals surface area (Å²) in [7, 11) is 0. The molecule has 0 amide bonds. The third-order valence-corrected chi connectivity index (χ3v) is 2.74. The standard InChI is InChI=1S/C14H28O/c1-10(2)7-13(8-11(3)4)9-14(15)12(5)6/h10-13H,7-9H2,1-6H3. The van der Waals surface area contributed by atoms with Gasteiger partial charge in [0.2, 0.25) is 0 Å². The summed E-state index contributed by atoms with van der Waals surface area (Å²) in [5.74, 6) is 2.63. The fourth-order valence-electron chi connectivity index (χ4n) is 2.12. The highest BCUT2D eigenvalue weighted by Crippen LogP contribution is 2.24. The average Bonchev–Trinajstić information content (AvgIpc) is 2.00. The fourth-order valence-corrected chi connectivity index (χ4v) is 2.12. The molecule has 0 aromatic rings.